The van der Waals surface area contributed by atoms with Crippen molar-refractivity contribution in [2.75, 3.05) is 56.7 Å². The lowest BCUT2D eigenvalue weighted by Gasteiger charge is -2.32. The fourth-order valence-corrected chi connectivity index (χ4v) is 5.96. The first-order valence-electron chi connectivity index (χ1n) is 15.1. The van der Waals surface area contributed by atoms with Crippen LogP contribution < -0.4 is 15.5 Å². The summed E-state index contributed by atoms with van der Waals surface area (Å²) < 4.78 is 5.44. The number of halogens is 1. The van der Waals surface area contributed by atoms with Crippen molar-refractivity contribution in [3.05, 3.63) is 58.5 Å². The smallest absolute Gasteiger partial charge is 0.255 e. The van der Waals surface area contributed by atoms with Gasteiger partial charge in [0.25, 0.3) is 5.91 Å². The number of nitrogens with one attached hydrogen (secondary N) is 2. The van der Waals surface area contributed by atoms with Crippen LogP contribution in [0.4, 0.5) is 11.9 Å². The first-order valence-corrected chi connectivity index (χ1v) is 15.5. The zero-order valence-electron chi connectivity index (χ0n) is 25.3. The number of amides is 2. The van der Waals surface area contributed by atoms with Crippen molar-refractivity contribution in [3.8, 4) is 11.3 Å². The second-order valence-corrected chi connectivity index (χ2v) is 12.1. The van der Waals surface area contributed by atoms with E-state index in [1.54, 1.807) is 30.3 Å². The molecule has 12 nitrogen and oxygen atoms in total. The minimum absolute atomic E-state index is 0.206. The molecule has 13 heteroatoms. The van der Waals surface area contributed by atoms with Crippen LogP contribution in [0.2, 0.25) is 5.02 Å². The summed E-state index contributed by atoms with van der Waals surface area (Å²) in [6, 6.07) is 6.63. The molecule has 0 bridgehead atoms. The predicted octanol–water partition coefficient (Wildman–Crippen LogP) is 3.15. The molecule has 2 atom stereocenters. The number of nitrogens with zero attached hydrogens (tertiary/aromatic N) is 7. The van der Waals surface area contributed by atoms with Gasteiger partial charge in [-0.05, 0) is 51.4 Å². The molecule has 2 saturated heterocycles. The molecule has 0 aliphatic carbocycles. The SMILES string of the molecule is CC(NC(=O)C(C)N1Cc2ccc(-c3nc(NC4CCOCC4)ncc3Cl)cc2C1=O)c1ccnc(N2CCN(C)CC2)n1. The number of hydrogen-bond acceptors (Lipinski definition) is 10. The summed E-state index contributed by atoms with van der Waals surface area (Å²) in [4.78, 5) is 51.1. The van der Waals surface area contributed by atoms with E-state index in [1.807, 2.05) is 25.1 Å². The van der Waals surface area contributed by atoms with Crippen molar-refractivity contribution in [1.82, 2.24) is 35.1 Å². The van der Waals surface area contributed by atoms with E-state index in [0.29, 0.717) is 53.5 Å². The Kier molecular flexibility index (Phi) is 8.92. The van der Waals surface area contributed by atoms with Gasteiger partial charge in [0.1, 0.15) is 6.04 Å². The third-order valence-corrected chi connectivity index (χ3v) is 8.89. The Bertz CT molecular complexity index is 1520. The Hall–Kier alpha value is -3.87. The van der Waals surface area contributed by atoms with Gasteiger partial charge < -0.3 is 30.1 Å². The van der Waals surface area contributed by atoms with Crippen LogP contribution in [-0.4, -0.2) is 100 Å². The second-order valence-electron chi connectivity index (χ2n) is 11.7. The topological polar surface area (TPSA) is 129 Å². The molecule has 3 aromatic rings. The Labute approximate surface area is 262 Å². The molecule has 2 aromatic heterocycles. The Morgan fingerprint density at radius 3 is 2.61 bits per heavy atom. The summed E-state index contributed by atoms with van der Waals surface area (Å²) in [6.45, 7) is 9.00. The minimum Gasteiger partial charge on any atom is -0.381 e. The monoisotopic (exact) mass is 619 g/mol. The van der Waals surface area contributed by atoms with Crippen LogP contribution in [-0.2, 0) is 16.1 Å². The maximum atomic E-state index is 13.6. The highest BCUT2D eigenvalue weighted by atomic mass is 35.5. The quantitative estimate of drug-likeness (QED) is 0.388. The highest BCUT2D eigenvalue weighted by Gasteiger charge is 2.35. The number of benzene rings is 1. The fraction of sp³-hybridized carbons (Fsp3) is 0.484. The van der Waals surface area contributed by atoms with Gasteiger partial charge in [-0.25, -0.2) is 19.9 Å². The van der Waals surface area contributed by atoms with Gasteiger partial charge in [-0.1, -0.05) is 23.7 Å². The van der Waals surface area contributed by atoms with E-state index in [2.05, 4.69) is 42.4 Å². The van der Waals surface area contributed by atoms with Crippen molar-refractivity contribution in [2.45, 2.75) is 51.4 Å². The van der Waals surface area contributed by atoms with Gasteiger partial charge in [0.2, 0.25) is 17.8 Å². The largest absolute Gasteiger partial charge is 0.381 e. The number of carbonyl (C=O) groups is 2. The Morgan fingerprint density at radius 1 is 1.07 bits per heavy atom. The van der Waals surface area contributed by atoms with Crippen molar-refractivity contribution in [3.63, 3.8) is 0 Å². The molecule has 5 heterocycles. The van der Waals surface area contributed by atoms with E-state index in [0.717, 1.165) is 50.3 Å². The van der Waals surface area contributed by atoms with E-state index in [-0.39, 0.29) is 23.9 Å². The molecule has 6 rings (SSSR count). The zero-order chi connectivity index (χ0) is 30.8. The normalized spacial score (nSPS) is 19.0. The van der Waals surface area contributed by atoms with Crippen LogP contribution in [0.5, 0.6) is 0 Å². The van der Waals surface area contributed by atoms with Crippen molar-refractivity contribution < 1.29 is 14.3 Å². The van der Waals surface area contributed by atoms with Crippen molar-refractivity contribution >= 4 is 35.3 Å². The van der Waals surface area contributed by atoms with Gasteiger partial charge in [0.05, 0.1) is 28.6 Å². The third-order valence-electron chi connectivity index (χ3n) is 8.61. The van der Waals surface area contributed by atoms with Crippen LogP contribution in [0, 0.1) is 0 Å². The van der Waals surface area contributed by atoms with Gasteiger partial charge in [-0.2, -0.15) is 0 Å². The molecular weight excluding hydrogens is 582 g/mol. The van der Waals surface area contributed by atoms with Crippen molar-refractivity contribution in [1.29, 1.82) is 0 Å². The highest BCUT2D eigenvalue weighted by Crippen LogP contribution is 2.32. The molecular formula is C31H38ClN9O3. The number of piperazine rings is 1. The number of fused-ring (bicyclic) bond motifs is 1. The van der Waals surface area contributed by atoms with Crippen LogP contribution in [0.15, 0.2) is 36.7 Å². The number of likely N-dealkylation sites (N-methyl/N-ethyl adjacent to an activating group) is 1. The molecule has 3 aliphatic heterocycles. The lowest BCUT2D eigenvalue weighted by atomic mass is 10.0. The first kappa shape index (κ1) is 30.2. The van der Waals surface area contributed by atoms with E-state index in [4.69, 9.17) is 21.3 Å². The summed E-state index contributed by atoms with van der Waals surface area (Å²) in [5.74, 6) is 0.702. The molecule has 0 spiro atoms. The number of aromatic nitrogens is 4. The standard InChI is InChI=1S/C31H38ClN9O3/c1-19(26-6-9-33-31(37-26)40-12-10-39(3)11-13-40)35-28(42)20(2)41-18-22-5-4-21(16-24(22)29(41)43)27-25(32)17-34-30(38-27)36-23-7-14-44-15-8-23/h4-6,9,16-17,19-20,23H,7-8,10-15,18H2,1-3H3,(H,35,42)(H,34,36,38). The molecule has 2 unspecified atom stereocenters. The number of carbonyl (C=O) groups excluding carboxylic acids is 2. The van der Waals surface area contributed by atoms with Gasteiger partial charge in [-0.3, -0.25) is 9.59 Å². The van der Waals surface area contributed by atoms with Crippen molar-refractivity contribution in [2.24, 2.45) is 0 Å². The van der Waals surface area contributed by atoms with E-state index < -0.39 is 6.04 Å². The average molecular weight is 620 g/mol. The number of anilines is 2. The van der Waals surface area contributed by atoms with E-state index in [1.165, 1.54) is 0 Å². The molecule has 2 fully saturated rings. The summed E-state index contributed by atoms with van der Waals surface area (Å²) in [6.07, 6.45) is 5.07. The average Bonchev–Trinajstić information content (AvgIpc) is 3.37. The zero-order valence-corrected chi connectivity index (χ0v) is 26.0. The second kappa shape index (κ2) is 13.0. The van der Waals surface area contributed by atoms with E-state index >= 15 is 0 Å². The fourth-order valence-electron chi connectivity index (χ4n) is 5.76. The minimum atomic E-state index is -0.683. The summed E-state index contributed by atoms with van der Waals surface area (Å²) in [7, 11) is 2.10. The molecule has 44 heavy (non-hydrogen) atoms. The lowest BCUT2D eigenvalue weighted by molar-refractivity contribution is -0.125. The molecule has 0 radical (unpaired) electrons. The number of rotatable bonds is 8. The summed E-state index contributed by atoms with van der Waals surface area (Å²) in [5, 5.41) is 6.81. The lowest BCUT2D eigenvalue weighted by Crippen LogP contribution is -2.46. The molecule has 3 aliphatic rings. The molecule has 0 saturated carbocycles. The van der Waals surface area contributed by atoms with Crippen LogP contribution in [0.3, 0.4) is 0 Å². The first-order chi connectivity index (χ1) is 21.3. The van der Waals surface area contributed by atoms with Crippen LogP contribution in [0.1, 0.15) is 54.3 Å². The predicted molar refractivity (Wildman–Crippen MR) is 168 cm³/mol. The number of hydrogen-bond donors (Lipinski definition) is 2. The maximum absolute atomic E-state index is 13.6. The number of ether oxygens (including phenoxy) is 1. The molecule has 1 aromatic carbocycles. The maximum Gasteiger partial charge on any atom is 0.255 e. The summed E-state index contributed by atoms with van der Waals surface area (Å²) in [5.41, 5.74) is 3.38. The van der Waals surface area contributed by atoms with Gasteiger partial charge in [0, 0.05) is 69.3 Å². The van der Waals surface area contributed by atoms with E-state index in [9.17, 15) is 9.59 Å². The van der Waals surface area contributed by atoms with Crippen LogP contribution >= 0.6 is 11.6 Å². The Morgan fingerprint density at radius 2 is 1.84 bits per heavy atom. The molecule has 232 valence electrons. The van der Waals surface area contributed by atoms with Gasteiger partial charge >= 0.3 is 0 Å². The Balaban J connectivity index is 1.12. The summed E-state index contributed by atoms with van der Waals surface area (Å²) >= 11 is 6.51. The molecule has 2 N–H and O–H groups in total. The van der Waals surface area contributed by atoms with Gasteiger partial charge in [0.15, 0.2) is 0 Å². The molecule has 2 amide bonds. The highest BCUT2D eigenvalue weighted by molar-refractivity contribution is 6.33. The van der Waals surface area contributed by atoms with Crippen LogP contribution in [0.25, 0.3) is 11.3 Å². The van der Waals surface area contributed by atoms with Gasteiger partial charge in [-0.15, -0.1) is 0 Å². The third kappa shape index (κ3) is 6.47.